The first-order valence-electron chi connectivity index (χ1n) is 5.51. The Morgan fingerprint density at radius 1 is 1.38 bits per heavy atom. The van der Waals surface area contributed by atoms with E-state index in [1.165, 1.54) is 0 Å². The van der Waals surface area contributed by atoms with Gasteiger partial charge in [0.1, 0.15) is 11.7 Å². The van der Waals surface area contributed by atoms with Crippen LogP contribution in [0.2, 0.25) is 0 Å². The highest BCUT2D eigenvalue weighted by Crippen LogP contribution is 2.17. The summed E-state index contributed by atoms with van der Waals surface area (Å²) in [5.74, 6) is 0. The molecular formula is C11H22O5. The van der Waals surface area contributed by atoms with Gasteiger partial charge in [0.15, 0.2) is 0 Å². The average molecular weight is 234 g/mol. The maximum absolute atomic E-state index is 11.1. The molecule has 0 aliphatic rings. The lowest BCUT2D eigenvalue weighted by Gasteiger charge is -2.23. The predicted octanol–water partition coefficient (Wildman–Crippen LogP) is 2.42. The van der Waals surface area contributed by atoms with E-state index in [2.05, 4.69) is 4.89 Å². The summed E-state index contributed by atoms with van der Waals surface area (Å²) in [7, 11) is 0. The molecule has 0 aromatic carbocycles. The molecule has 0 spiro atoms. The Labute approximate surface area is 96.6 Å². The van der Waals surface area contributed by atoms with Gasteiger partial charge in [0.05, 0.1) is 6.10 Å². The van der Waals surface area contributed by atoms with E-state index in [1.807, 2.05) is 6.92 Å². The van der Waals surface area contributed by atoms with Crippen molar-refractivity contribution < 1.29 is 24.4 Å². The topological polar surface area (TPSA) is 65.0 Å². The van der Waals surface area contributed by atoms with Crippen LogP contribution in [0.25, 0.3) is 0 Å². The van der Waals surface area contributed by atoms with Crippen molar-refractivity contribution in [2.75, 3.05) is 0 Å². The SMILES string of the molecule is CCC(C)OC(=O)OOC(C)(C)CC(C)O. The van der Waals surface area contributed by atoms with Gasteiger partial charge in [-0.15, -0.1) is 0 Å². The van der Waals surface area contributed by atoms with Crippen molar-refractivity contribution in [1.82, 2.24) is 0 Å². The summed E-state index contributed by atoms with van der Waals surface area (Å²) in [6.07, 6.45) is -0.497. The summed E-state index contributed by atoms with van der Waals surface area (Å²) in [4.78, 5) is 20.5. The number of rotatable bonds is 6. The molecule has 0 radical (unpaired) electrons. The van der Waals surface area contributed by atoms with E-state index in [0.29, 0.717) is 12.8 Å². The van der Waals surface area contributed by atoms with E-state index in [9.17, 15) is 9.90 Å². The molecule has 0 saturated carbocycles. The minimum Gasteiger partial charge on any atom is -0.429 e. The fourth-order valence-electron chi connectivity index (χ4n) is 1.16. The molecule has 0 aromatic heterocycles. The Bertz CT molecular complexity index is 212. The first-order valence-corrected chi connectivity index (χ1v) is 5.51. The molecule has 0 rings (SSSR count). The number of hydrogen-bond acceptors (Lipinski definition) is 5. The zero-order valence-corrected chi connectivity index (χ0v) is 10.6. The van der Waals surface area contributed by atoms with Gasteiger partial charge < -0.3 is 9.84 Å². The number of hydrogen-bond donors (Lipinski definition) is 1. The lowest BCUT2D eigenvalue weighted by molar-refractivity contribution is -0.323. The first kappa shape index (κ1) is 15.2. The summed E-state index contributed by atoms with van der Waals surface area (Å²) in [5.41, 5.74) is -0.733. The summed E-state index contributed by atoms with van der Waals surface area (Å²) in [6, 6.07) is 0. The standard InChI is InChI=1S/C11H22O5/c1-6-9(3)14-10(13)15-16-11(4,5)7-8(2)12/h8-9,12H,6-7H2,1-5H3. The number of ether oxygens (including phenoxy) is 1. The molecule has 0 aliphatic heterocycles. The van der Waals surface area contributed by atoms with Gasteiger partial charge in [0.2, 0.25) is 0 Å². The lowest BCUT2D eigenvalue weighted by Crippen LogP contribution is -2.30. The minimum atomic E-state index is -0.854. The van der Waals surface area contributed by atoms with E-state index < -0.39 is 17.9 Å². The van der Waals surface area contributed by atoms with Crippen LogP contribution in [0.1, 0.15) is 47.5 Å². The summed E-state index contributed by atoms with van der Waals surface area (Å²) in [5, 5.41) is 9.18. The zero-order valence-electron chi connectivity index (χ0n) is 10.6. The molecule has 0 aliphatic carbocycles. The van der Waals surface area contributed by atoms with Crippen LogP contribution >= 0.6 is 0 Å². The summed E-state index contributed by atoms with van der Waals surface area (Å²) >= 11 is 0. The van der Waals surface area contributed by atoms with Crippen LogP contribution in [0, 0.1) is 0 Å². The van der Waals surface area contributed by atoms with Crippen LogP contribution in [0.5, 0.6) is 0 Å². The van der Waals surface area contributed by atoms with E-state index >= 15 is 0 Å². The second kappa shape index (κ2) is 6.70. The van der Waals surface area contributed by atoms with Crippen LogP contribution in [0.15, 0.2) is 0 Å². The Balaban J connectivity index is 3.90. The maximum Gasteiger partial charge on any atom is 0.540 e. The monoisotopic (exact) mass is 234 g/mol. The van der Waals surface area contributed by atoms with Crippen molar-refractivity contribution >= 4 is 6.16 Å². The van der Waals surface area contributed by atoms with Crippen molar-refractivity contribution in [3.8, 4) is 0 Å². The molecule has 5 heteroatoms. The second-order valence-electron chi connectivity index (χ2n) is 4.57. The largest absolute Gasteiger partial charge is 0.540 e. The second-order valence-corrected chi connectivity index (χ2v) is 4.57. The molecule has 96 valence electrons. The first-order chi connectivity index (χ1) is 7.26. The van der Waals surface area contributed by atoms with E-state index in [4.69, 9.17) is 9.62 Å². The molecule has 2 atom stereocenters. The van der Waals surface area contributed by atoms with Gasteiger partial charge in [-0.3, -0.25) is 4.89 Å². The molecule has 5 nitrogen and oxygen atoms in total. The highest BCUT2D eigenvalue weighted by atomic mass is 17.2. The Kier molecular flexibility index (Phi) is 6.36. The van der Waals surface area contributed by atoms with Crippen LogP contribution in [-0.2, 0) is 14.5 Å². The van der Waals surface area contributed by atoms with Gasteiger partial charge in [-0.05, 0) is 34.1 Å². The molecule has 2 unspecified atom stereocenters. The fraction of sp³-hybridized carbons (Fsp3) is 0.909. The summed E-state index contributed by atoms with van der Waals surface area (Å²) in [6.45, 7) is 8.74. The van der Waals surface area contributed by atoms with Crippen molar-refractivity contribution in [3.63, 3.8) is 0 Å². The smallest absolute Gasteiger partial charge is 0.429 e. The van der Waals surface area contributed by atoms with Crippen LogP contribution in [-0.4, -0.2) is 29.1 Å². The van der Waals surface area contributed by atoms with Gasteiger partial charge in [-0.2, -0.15) is 4.89 Å². The van der Waals surface area contributed by atoms with E-state index in [-0.39, 0.29) is 6.10 Å². The van der Waals surface area contributed by atoms with Crippen LogP contribution < -0.4 is 0 Å². The Hall–Kier alpha value is -0.810. The normalized spacial score (nSPS) is 15.4. The maximum atomic E-state index is 11.1. The molecule has 0 bridgehead atoms. The molecule has 0 amide bonds. The summed E-state index contributed by atoms with van der Waals surface area (Å²) < 4.78 is 4.85. The Morgan fingerprint density at radius 2 is 1.94 bits per heavy atom. The van der Waals surface area contributed by atoms with Gasteiger partial charge in [-0.25, -0.2) is 4.79 Å². The zero-order chi connectivity index (χ0) is 12.8. The molecule has 0 saturated heterocycles. The molecule has 1 N–H and O–H groups in total. The highest BCUT2D eigenvalue weighted by molar-refractivity contribution is 5.59. The number of aliphatic hydroxyl groups excluding tert-OH is 1. The van der Waals surface area contributed by atoms with Crippen LogP contribution in [0.4, 0.5) is 4.79 Å². The number of carbonyl (C=O) groups is 1. The molecular weight excluding hydrogens is 212 g/mol. The van der Waals surface area contributed by atoms with Gasteiger partial charge in [0, 0.05) is 6.42 Å². The fourth-order valence-corrected chi connectivity index (χ4v) is 1.16. The van der Waals surface area contributed by atoms with Gasteiger partial charge >= 0.3 is 6.16 Å². The average Bonchev–Trinajstić information content (AvgIpc) is 2.13. The quantitative estimate of drug-likeness (QED) is 0.434. The van der Waals surface area contributed by atoms with Crippen molar-refractivity contribution in [2.45, 2.75) is 65.3 Å². The molecule has 16 heavy (non-hydrogen) atoms. The van der Waals surface area contributed by atoms with E-state index in [1.54, 1.807) is 27.7 Å². The number of carbonyl (C=O) groups excluding carboxylic acids is 1. The van der Waals surface area contributed by atoms with Crippen molar-refractivity contribution in [1.29, 1.82) is 0 Å². The van der Waals surface area contributed by atoms with Gasteiger partial charge in [0.25, 0.3) is 0 Å². The van der Waals surface area contributed by atoms with Crippen LogP contribution in [0.3, 0.4) is 0 Å². The third-order valence-corrected chi connectivity index (χ3v) is 1.99. The third-order valence-electron chi connectivity index (χ3n) is 1.99. The minimum absolute atomic E-state index is 0.198. The lowest BCUT2D eigenvalue weighted by atomic mass is 10.0. The third kappa shape index (κ3) is 7.48. The van der Waals surface area contributed by atoms with E-state index in [0.717, 1.165) is 0 Å². The molecule has 0 aromatic rings. The molecule has 0 fully saturated rings. The predicted molar refractivity (Wildman–Crippen MR) is 58.8 cm³/mol. The molecule has 0 heterocycles. The highest BCUT2D eigenvalue weighted by Gasteiger charge is 2.25. The van der Waals surface area contributed by atoms with Crippen molar-refractivity contribution in [3.05, 3.63) is 0 Å². The van der Waals surface area contributed by atoms with Crippen molar-refractivity contribution in [2.24, 2.45) is 0 Å². The number of aliphatic hydroxyl groups is 1. The Morgan fingerprint density at radius 3 is 2.38 bits per heavy atom. The van der Waals surface area contributed by atoms with Gasteiger partial charge in [-0.1, -0.05) is 6.92 Å².